The Bertz CT molecular complexity index is 758. The lowest BCUT2D eigenvalue weighted by atomic mass is 10.3. The van der Waals surface area contributed by atoms with Gasteiger partial charge in [0.05, 0.1) is 5.75 Å². The number of pyridine rings is 1. The maximum atomic E-state index is 13.9. The number of sulfonamides is 1. The fourth-order valence-electron chi connectivity index (χ4n) is 3.04. The number of nitrogens with one attached hydrogen (secondary N) is 2. The number of rotatable bonds is 9. The zero-order valence-electron chi connectivity index (χ0n) is 16.9. The van der Waals surface area contributed by atoms with E-state index in [0.29, 0.717) is 37.8 Å². The number of guanidine groups is 1. The summed E-state index contributed by atoms with van der Waals surface area (Å²) in [5, 5.41) is 6.58. The fourth-order valence-corrected chi connectivity index (χ4v) is 3.89. The summed E-state index contributed by atoms with van der Waals surface area (Å²) in [7, 11) is -1.56. The number of aromatic nitrogens is 1. The lowest BCUT2D eigenvalue weighted by Gasteiger charge is -2.20. The number of anilines is 1. The third-order valence-electron chi connectivity index (χ3n) is 4.65. The van der Waals surface area contributed by atoms with Crippen LogP contribution in [0.5, 0.6) is 0 Å². The van der Waals surface area contributed by atoms with Gasteiger partial charge >= 0.3 is 0 Å². The van der Waals surface area contributed by atoms with Gasteiger partial charge in [-0.15, -0.1) is 0 Å². The molecule has 10 heteroatoms. The third kappa shape index (κ3) is 6.30. The molecule has 28 heavy (non-hydrogen) atoms. The lowest BCUT2D eigenvalue weighted by molar-refractivity contribution is 0.464. The van der Waals surface area contributed by atoms with E-state index in [0.717, 1.165) is 19.5 Å². The van der Waals surface area contributed by atoms with E-state index < -0.39 is 10.0 Å². The molecule has 1 fully saturated rings. The van der Waals surface area contributed by atoms with E-state index in [1.807, 2.05) is 11.8 Å². The highest BCUT2D eigenvalue weighted by Gasteiger charge is 2.25. The second-order valence-electron chi connectivity index (χ2n) is 6.72. The Balaban J connectivity index is 1.85. The van der Waals surface area contributed by atoms with Crippen molar-refractivity contribution in [3.8, 4) is 0 Å². The Labute approximate surface area is 167 Å². The van der Waals surface area contributed by atoms with Crippen molar-refractivity contribution in [2.24, 2.45) is 4.99 Å². The van der Waals surface area contributed by atoms with Crippen LogP contribution in [0.15, 0.2) is 23.3 Å². The molecule has 2 heterocycles. The van der Waals surface area contributed by atoms with Crippen LogP contribution in [-0.2, 0) is 10.0 Å². The largest absolute Gasteiger partial charge is 0.357 e. The summed E-state index contributed by atoms with van der Waals surface area (Å²) in [6, 6.07) is 3.15. The number of halogens is 1. The zero-order valence-corrected chi connectivity index (χ0v) is 17.7. The fraction of sp³-hybridized carbons (Fsp3) is 0.667. The molecule has 1 aromatic rings. The van der Waals surface area contributed by atoms with Gasteiger partial charge in [-0.25, -0.2) is 22.1 Å². The molecule has 158 valence electrons. The Hall–Kier alpha value is -1.94. The van der Waals surface area contributed by atoms with Crippen molar-refractivity contribution < 1.29 is 12.8 Å². The Morgan fingerprint density at radius 1 is 1.46 bits per heavy atom. The van der Waals surface area contributed by atoms with Gasteiger partial charge in [0.1, 0.15) is 0 Å². The van der Waals surface area contributed by atoms with Crippen molar-refractivity contribution >= 4 is 21.8 Å². The number of hydrogen-bond donors (Lipinski definition) is 2. The van der Waals surface area contributed by atoms with Crippen LogP contribution in [0.3, 0.4) is 0 Å². The molecular formula is C18H31FN6O2S. The normalized spacial score (nSPS) is 18.0. The first kappa shape index (κ1) is 22.4. The topological polar surface area (TPSA) is 89.9 Å². The molecule has 0 spiro atoms. The van der Waals surface area contributed by atoms with Crippen LogP contribution >= 0.6 is 0 Å². The van der Waals surface area contributed by atoms with Crippen molar-refractivity contribution in [3.63, 3.8) is 0 Å². The summed E-state index contributed by atoms with van der Waals surface area (Å²) in [5.74, 6) is 0.868. The summed E-state index contributed by atoms with van der Waals surface area (Å²) in [5.41, 5.74) is 0. The molecule has 0 aliphatic carbocycles. The summed E-state index contributed by atoms with van der Waals surface area (Å²) in [6.45, 7) is 6.68. The summed E-state index contributed by atoms with van der Waals surface area (Å²) >= 11 is 0. The maximum Gasteiger partial charge on any atom is 0.213 e. The Morgan fingerprint density at radius 3 is 2.93 bits per heavy atom. The number of aliphatic imine (C=N–C) groups is 1. The van der Waals surface area contributed by atoms with Crippen molar-refractivity contribution in [2.45, 2.75) is 32.7 Å². The summed E-state index contributed by atoms with van der Waals surface area (Å²) in [6.07, 6.45) is 3.10. The highest BCUT2D eigenvalue weighted by molar-refractivity contribution is 7.89. The summed E-state index contributed by atoms with van der Waals surface area (Å²) in [4.78, 5) is 10.6. The van der Waals surface area contributed by atoms with Gasteiger partial charge < -0.3 is 15.5 Å². The van der Waals surface area contributed by atoms with Gasteiger partial charge in [-0.05, 0) is 38.8 Å². The maximum absolute atomic E-state index is 13.9. The molecule has 1 atom stereocenters. The quantitative estimate of drug-likeness (QED) is 0.356. The lowest BCUT2D eigenvalue weighted by Crippen LogP contribution is -2.44. The van der Waals surface area contributed by atoms with Crippen molar-refractivity contribution in [2.75, 3.05) is 50.4 Å². The molecule has 1 saturated heterocycles. The molecule has 2 rings (SSSR count). The minimum atomic E-state index is -3.15. The molecular weight excluding hydrogens is 383 g/mol. The molecule has 0 radical (unpaired) electrons. The monoisotopic (exact) mass is 414 g/mol. The van der Waals surface area contributed by atoms with E-state index in [-0.39, 0.29) is 17.6 Å². The van der Waals surface area contributed by atoms with Crippen LogP contribution in [0, 0.1) is 5.82 Å². The van der Waals surface area contributed by atoms with Gasteiger partial charge in [-0.2, -0.15) is 0 Å². The molecule has 0 aromatic carbocycles. The highest BCUT2D eigenvalue weighted by Crippen LogP contribution is 2.20. The first-order valence-corrected chi connectivity index (χ1v) is 11.3. The molecule has 0 amide bonds. The van der Waals surface area contributed by atoms with Gasteiger partial charge in [0.15, 0.2) is 17.6 Å². The van der Waals surface area contributed by atoms with Crippen molar-refractivity contribution in [3.05, 3.63) is 24.1 Å². The van der Waals surface area contributed by atoms with E-state index in [9.17, 15) is 12.8 Å². The van der Waals surface area contributed by atoms with E-state index in [4.69, 9.17) is 0 Å². The van der Waals surface area contributed by atoms with E-state index in [1.54, 1.807) is 26.2 Å². The van der Waals surface area contributed by atoms with Gasteiger partial charge in [0, 0.05) is 52.0 Å². The third-order valence-corrected chi connectivity index (χ3v) is 6.51. The van der Waals surface area contributed by atoms with Crippen LogP contribution in [0.4, 0.5) is 10.2 Å². The van der Waals surface area contributed by atoms with Crippen LogP contribution in [0.2, 0.25) is 0 Å². The zero-order chi connectivity index (χ0) is 20.6. The Kier molecular flexibility index (Phi) is 8.43. The molecule has 1 aromatic heterocycles. The first-order valence-electron chi connectivity index (χ1n) is 9.71. The second-order valence-corrected chi connectivity index (χ2v) is 9.09. The SMILES string of the molecule is CCNC(=NCCCN(C)S(=O)(=O)CC)NC1CCN(c2ncccc2F)C1. The van der Waals surface area contributed by atoms with Crippen molar-refractivity contribution in [1.29, 1.82) is 0 Å². The second kappa shape index (κ2) is 10.6. The van der Waals surface area contributed by atoms with E-state index in [2.05, 4.69) is 20.6 Å². The van der Waals surface area contributed by atoms with E-state index in [1.165, 1.54) is 10.4 Å². The standard InChI is InChI=1S/C18H31FN6O2S/c1-4-20-18(22-11-7-12-24(3)28(26,27)5-2)23-15-9-13-25(14-15)17-16(19)8-6-10-21-17/h6,8,10,15H,4-5,7,9,11-14H2,1-3H3,(H2,20,22,23). The van der Waals surface area contributed by atoms with Gasteiger partial charge in [-0.1, -0.05) is 0 Å². The number of nitrogens with zero attached hydrogens (tertiary/aromatic N) is 4. The smallest absolute Gasteiger partial charge is 0.213 e. The Morgan fingerprint density at radius 2 is 2.25 bits per heavy atom. The molecule has 1 aliphatic heterocycles. The first-order chi connectivity index (χ1) is 13.4. The number of hydrogen-bond acceptors (Lipinski definition) is 5. The molecule has 1 unspecified atom stereocenters. The molecule has 1 aliphatic rings. The summed E-state index contributed by atoms with van der Waals surface area (Å²) < 4.78 is 38.8. The van der Waals surface area contributed by atoms with E-state index >= 15 is 0 Å². The molecule has 8 nitrogen and oxygen atoms in total. The van der Waals surface area contributed by atoms with Gasteiger partial charge in [0.2, 0.25) is 10.0 Å². The minimum Gasteiger partial charge on any atom is -0.357 e. The van der Waals surface area contributed by atoms with Gasteiger partial charge in [0.25, 0.3) is 0 Å². The van der Waals surface area contributed by atoms with Crippen LogP contribution in [-0.4, -0.2) is 75.2 Å². The molecule has 0 saturated carbocycles. The average molecular weight is 415 g/mol. The van der Waals surface area contributed by atoms with Crippen molar-refractivity contribution in [1.82, 2.24) is 19.9 Å². The predicted molar refractivity (Wildman–Crippen MR) is 111 cm³/mol. The molecule has 2 N–H and O–H groups in total. The van der Waals surface area contributed by atoms with Gasteiger partial charge in [-0.3, -0.25) is 4.99 Å². The highest BCUT2D eigenvalue weighted by atomic mass is 32.2. The van der Waals surface area contributed by atoms with Crippen LogP contribution in [0.1, 0.15) is 26.7 Å². The predicted octanol–water partition coefficient (Wildman–Crippen LogP) is 1.03. The molecule has 0 bridgehead atoms. The minimum absolute atomic E-state index is 0.103. The van der Waals surface area contributed by atoms with Crippen LogP contribution < -0.4 is 15.5 Å². The average Bonchev–Trinajstić information content (AvgIpc) is 3.13. The van der Waals surface area contributed by atoms with Crippen LogP contribution in [0.25, 0.3) is 0 Å².